The van der Waals surface area contributed by atoms with Crippen LogP contribution in [0.3, 0.4) is 0 Å². The van der Waals surface area contributed by atoms with Crippen LogP contribution in [0.25, 0.3) is 0 Å². The zero-order valence-electron chi connectivity index (χ0n) is 10.0. The molecule has 0 saturated carbocycles. The Kier molecular flexibility index (Phi) is 4.56. The van der Waals surface area contributed by atoms with Crippen molar-refractivity contribution in [2.75, 3.05) is 5.32 Å². The molecule has 0 fully saturated rings. The first-order valence-electron chi connectivity index (χ1n) is 5.43. The van der Waals surface area contributed by atoms with Crippen molar-refractivity contribution < 1.29 is 4.79 Å². The number of anilines is 1. The Morgan fingerprint density at radius 3 is 2.50 bits per heavy atom. The van der Waals surface area contributed by atoms with Gasteiger partial charge in [0.25, 0.3) is 0 Å². The number of carbonyl (C=O) groups is 1. The summed E-state index contributed by atoms with van der Waals surface area (Å²) in [4.78, 5) is 11.7. The number of hydrogen-bond donors (Lipinski definition) is 1. The molecule has 0 heterocycles. The SMILES string of the molecule is C[Si](C)(C)CCC(=O)Nc1ccccc1Cl. The molecule has 0 aliphatic rings. The van der Waals surface area contributed by atoms with E-state index in [1.807, 2.05) is 18.2 Å². The van der Waals surface area contributed by atoms with E-state index in [1.54, 1.807) is 6.07 Å². The van der Waals surface area contributed by atoms with Crippen LogP contribution in [0, 0.1) is 0 Å². The molecule has 0 aromatic heterocycles. The van der Waals surface area contributed by atoms with Gasteiger partial charge in [0.2, 0.25) is 5.91 Å². The largest absolute Gasteiger partial charge is 0.325 e. The van der Waals surface area contributed by atoms with Gasteiger partial charge in [-0.2, -0.15) is 0 Å². The molecule has 1 amide bonds. The van der Waals surface area contributed by atoms with E-state index in [-0.39, 0.29) is 5.91 Å². The number of rotatable bonds is 4. The molecule has 2 nitrogen and oxygen atoms in total. The van der Waals surface area contributed by atoms with Crippen LogP contribution in [0.4, 0.5) is 5.69 Å². The quantitative estimate of drug-likeness (QED) is 0.810. The number of halogens is 1. The van der Waals surface area contributed by atoms with Gasteiger partial charge in [0, 0.05) is 14.5 Å². The lowest BCUT2D eigenvalue weighted by Gasteiger charge is -2.15. The van der Waals surface area contributed by atoms with E-state index in [4.69, 9.17) is 11.6 Å². The van der Waals surface area contributed by atoms with Crippen LogP contribution in [0.15, 0.2) is 24.3 Å². The second kappa shape index (κ2) is 5.50. The number of para-hydroxylation sites is 1. The van der Waals surface area contributed by atoms with Gasteiger partial charge < -0.3 is 5.32 Å². The average molecular weight is 256 g/mol. The van der Waals surface area contributed by atoms with Crippen molar-refractivity contribution >= 4 is 31.3 Å². The zero-order chi connectivity index (χ0) is 12.2. The minimum atomic E-state index is -1.14. The Morgan fingerprint density at radius 1 is 1.31 bits per heavy atom. The van der Waals surface area contributed by atoms with Gasteiger partial charge in [-0.1, -0.05) is 43.4 Å². The standard InChI is InChI=1S/C12H18ClNOSi/c1-16(2,3)9-8-12(15)14-11-7-5-4-6-10(11)13/h4-7H,8-9H2,1-3H3,(H,14,15). The Hall–Kier alpha value is -0.803. The Bertz CT molecular complexity index is 374. The van der Waals surface area contributed by atoms with Crippen LogP contribution in [-0.2, 0) is 4.79 Å². The topological polar surface area (TPSA) is 29.1 Å². The summed E-state index contributed by atoms with van der Waals surface area (Å²) in [5, 5.41) is 3.42. The summed E-state index contributed by atoms with van der Waals surface area (Å²) >= 11 is 5.95. The van der Waals surface area contributed by atoms with E-state index in [0.717, 1.165) is 6.04 Å². The summed E-state index contributed by atoms with van der Waals surface area (Å²) < 4.78 is 0. The van der Waals surface area contributed by atoms with E-state index in [1.165, 1.54) is 0 Å². The van der Waals surface area contributed by atoms with Crippen molar-refractivity contribution in [2.24, 2.45) is 0 Å². The number of hydrogen-bond acceptors (Lipinski definition) is 1. The third kappa shape index (κ3) is 4.81. The third-order valence-electron chi connectivity index (χ3n) is 2.25. The summed E-state index contributed by atoms with van der Waals surface area (Å²) in [7, 11) is -1.14. The fourth-order valence-electron chi connectivity index (χ4n) is 1.26. The van der Waals surface area contributed by atoms with Gasteiger partial charge in [0.1, 0.15) is 0 Å². The molecule has 0 radical (unpaired) electrons. The van der Waals surface area contributed by atoms with Crippen molar-refractivity contribution in [3.8, 4) is 0 Å². The highest BCUT2D eigenvalue weighted by molar-refractivity contribution is 6.76. The minimum Gasteiger partial charge on any atom is -0.325 e. The molecule has 0 aliphatic carbocycles. The maximum absolute atomic E-state index is 11.7. The molecule has 1 rings (SSSR count). The van der Waals surface area contributed by atoms with Gasteiger partial charge in [-0.05, 0) is 18.2 Å². The minimum absolute atomic E-state index is 0.0514. The second-order valence-electron chi connectivity index (χ2n) is 5.09. The number of benzene rings is 1. The van der Waals surface area contributed by atoms with Crippen LogP contribution >= 0.6 is 11.6 Å². The predicted octanol–water partition coefficient (Wildman–Crippen LogP) is 4.01. The highest BCUT2D eigenvalue weighted by Crippen LogP contribution is 2.21. The van der Waals surface area contributed by atoms with Crippen LogP contribution in [-0.4, -0.2) is 14.0 Å². The third-order valence-corrected chi connectivity index (χ3v) is 4.33. The van der Waals surface area contributed by atoms with Crippen LogP contribution < -0.4 is 5.32 Å². The molecular weight excluding hydrogens is 238 g/mol. The van der Waals surface area contributed by atoms with Gasteiger partial charge >= 0.3 is 0 Å². The summed E-state index contributed by atoms with van der Waals surface area (Å²) in [5.41, 5.74) is 0.699. The smallest absolute Gasteiger partial charge is 0.224 e. The number of amides is 1. The fraction of sp³-hybridized carbons (Fsp3) is 0.417. The maximum atomic E-state index is 11.7. The predicted molar refractivity (Wildman–Crippen MR) is 72.9 cm³/mol. The molecule has 0 bridgehead atoms. The fourth-order valence-corrected chi connectivity index (χ4v) is 2.42. The molecule has 4 heteroatoms. The van der Waals surface area contributed by atoms with Gasteiger partial charge in [-0.25, -0.2) is 0 Å². The zero-order valence-corrected chi connectivity index (χ0v) is 11.8. The van der Waals surface area contributed by atoms with Crippen molar-refractivity contribution in [3.63, 3.8) is 0 Å². The van der Waals surface area contributed by atoms with E-state index in [0.29, 0.717) is 17.1 Å². The average Bonchev–Trinajstić information content (AvgIpc) is 2.18. The molecule has 1 N–H and O–H groups in total. The summed E-state index contributed by atoms with van der Waals surface area (Å²) in [6, 6.07) is 8.30. The molecule has 16 heavy (non-hydrogen) atoms. The van der Waals surface area contributed by atoms with E-state index < -0.39 is 8.07 Å². The summed E-state index contributed by atoms with van der Waals surface area (Å²) in [5.74, 6) is 0.0514. The molecule has 0 atom stereocenters. The van der Waals surface area contributed by atoms with E-state index in [2.05, 4.69) is 25.0 Å². The van der Waals surface area contributed by atoms with Crippen LogP contribution in [0.2, 0.25) is 30.7 Å². The lowest BCUT2D eigenvalue weighted by atomic mass is 10.3. The second-order valence-corrected chi connectivity index (χ2v) is 11.1. The highest BCUT2D eigenvalue weighted by atomic mass is 35.5. The maximum Gasteiger partial charge on any atom is 0.224 e. The van der Waals surface area contributed by atoms with E-state index in [9.17, 15) is 4.79 Å². The van der Waals surface area contributed by atoms with Gasteiger partial charge in [0.05, 0.1) is 10.7 Å². The monoisotopic (exact) mass is 255 g/mol. The number of nitrogens with one attached hydrogen (secondary N) is 1. The molecule has 0 saturated heterocycles. The highest BCUT2D eigenvalue weighted by Gasteiger charge is 2.15. The van der Waals surface area contributed by atoms with Crippen LogP contribution in [0.5, 0.6) is 0 Å². The van der Waals surface area contributed by atoms with Crippen molar-refractivity contribution in [1.29, 1.82) is 0 Å². The van der Waals surface area contributed by atoms with Crippen molar-refractivity contribution in [1.82, 2.24) is 0 Å². The number of carbonyl (C=O) groups excluding carboxylic acids is 1. The molecule has 88 valence electrons. The van der Waals surface area contributed by atoms with Crippen LogP contribution in [0.1, 0.15) is 6.42 Å². The molecular formula is C12H18ClNOSi. The van der Waals surface area contributed by atoms with Gasteiger partial charge in [-0.3, -0.25) is 4.79 Å². The van der Waals surface area contributed by atoms with Crippen molar-refractivity contribution in [3.05, 3.63) is 29.3 Å². The first-order valence-corrected chi connectivity index (χ1v) is 9.51. The Labute approximate surface area is 103 Å². The lowest BCUT2D eigenvalue weighted by molar-refractivity contribution is -0.115. The Morgan fingerprint density at radius 2 is 1.94 bits per heavy atom. The molecule has 0 unspecified atom stereocenters. The van der Waals surface area contributed by atoms with E-state index >= 15 is 0 Å². The summed E-state index contributed by atoms with van der Waals surface area (Å²) in [6.45, 7) is 6.78. The molecule has 0 spiro atoms. The molecule has 1 aromatic carbocycles. The van der Waals surface area contributed by atoms with Gasteiger partial charge in [-0.15, -0.1) is 0 Å². The molecule has 0 aliphatic heterocycles. The first-order chi connectivity index (χ1) is 7.38. The lowest BCUT2D eigenvalue weighted by Crippen LogP contribution is -2.22. The molecule has 1 aromatic rings. The summed E-state index contributed by atoms with van der Waals surface area (Å²) in [6.07, 6.45) is 0.584. The normalized spacial score (nSPS) is 11.2. The van der Waals surface area contributed by atoms with Crippen molar-refractivity contribution in [2.45, 2.75) is 32.1 Å². The van der Waals surface area contributed by atoms with Gasteiger partial charge in [0.15, 0.2) is 0 Å². The Balaban J connectivity index is 2.50. The first kappa shape index (κ1) is 13.3.